The number of amides is 1. The number of carbonyl (C=O) groups excluding carboxylic acids is 1. The maximum absolute atomic E-state index is 12.8. The van der Waals surface area contributed by atoms with E-state index < -0.39 is 16.1 Å². The molecule has 0 fully saturated rings. The lowest BCUT2D eigenvalue weighted by molar-refractivity contribution is -0.122. The van der Waals surface area contributed by atoms with Gasteiger partial charge in [0.05, 0.1) is 15.6 Å². The number of rotatable bonds is 7. The zero-order valence-electron chi connectivity index (χ0n) is 16.4. The van der Waals surface area contributed by atoms with Gasteiger partial charge in [-0.15, -0.1) is 0 Å². The Morgan fingerprint density at radius 2 is 1.57 bits per heavy atom. The van der Waals surface area contributed by atoms with Gasteiger partial charge in [0.25, 0.3) is 15.9 Å². The van der Waals surface area contributed by atoms with Crippen LogP contribution in [-0.2, 0) is 14.8 Å². The molecule has 0 spiro atoms. The van der Waals surface area contributed by atoms with Crippen LogP contribution in [0.1, 0.15) is 6.92 Å². The summed E-state index contributed by atoms with van der Waals surface area (Å²) in [6.07, 6.45) is -0.794. The molecule has 3 aromatic rings. The molecule has 0 heterocycles. The highest BCUT2D eigenvalue weighted by Crippen LogP contribution is 2.25. The zero-order chi connectivity index (χ0) is 21.7. The Kier molecular flexibility index (Phi) is 6.64. The molecule has 1 atom stereocenters. The predicted octanol–water partition coefficient (Wildman–Crippen LogP) is 4.57. The summed E-state index contributed by atoms with van der Waals surface area (Å²) in [5, 5.41) is 3.12. The monoisotopic (exact) mass is 444 g/mol. The normalized spacial score (nSPS) is 12.1. The number of ether oxygens (including phenoxy) is 1. The van der Waals surface area contributed by atoms with Crippen molar-refractivity contribution in [1.82, 2.24) is 0 Å². The smallest absolute Gasteiger partial charge is 0.265 e. The van der Waals surface area contributed by atoms with Crippen molar-refractivity contribution in [2.24, 2.45) is 0 Å². The third-order valence-corrected chi connectivity index (χ3v) is 6.52. The molecule has 1 N–H and O–H groups in total. The number of nitrogens with zero attached hydrogens (tertiary/aromatic N) is 1. The number of para-hydroxylation sites is 2. The van der Waals surface area contributed by atoms with E-state index in [9.17, 15) is 13.2 Å². The summed E-state index contributed by atoms with van der Waals surface area (Å²) in [6.45, 7) is 1.60. The fourth-order valence-corrected chi connectivity index (χ4v) is 4.05. The zero-order valence-corrected chi connectivity index (χ0v) is 18.0. The van der Waals surface area contributed by atoms with E-state index >= 15 is 0 Å². The van der Waals surface area contributed by atoms with Crippen molar-refractivity contribution in [2.45, 2.75) is 17.9 Å². The van der Waals surface area contributed by atoms with E-state index in [2.05, 4.69) is 5.32 Å². The van der Waals surface area contributed by atoms with Gasteiger partial charge in [-0.25, -0.2) is 8.42 Å². The van der Waals surface area contributed by atoms with Crippen LogP contribution >= 0.6 is 11.6 Å². The largest absolute Gasteiger partial charge is 0.479 e. The average molecular weight is 445 g/mol. The molecule has 8 heteroatoms. The van der Waals surface area contributed by atoms with E-state index in [1.54, 1.807) is 55.5 Å². The molecule has 0 aliphatic heterocycles. The van der Waals surface area contributed by atoms with Crippen molar-refractivity contribution in [2.75, 3.05) is 16.7 Å². The molecule has 0 aliphatic carbocycles. The minimum absolute atomic E-state index is 0.118. The standard InChI is InChI=1S/C22H21ClN2O4S/c1-16(29-21-11-7-6-10-20(21)23)22(26)24-17-12-14-19(15-13-17)30(27,28)25(2)18-8-4-3-5-9-18/h3-16H,1-2H3,(H,24,26). The number of benzene rings is 3. The first-order chi connectivity index (χ1) is 14.3. The number of anilines is 2. The molecule has 156 valence electrons. The maximum atomic E-state index is 12.8. The van der Waals surface area contributed by atoms with E-state index in [0.29, 0.717) is 22.1 Å². The van der Waals surface area contributed by atoms with Gasteiger partial charge in [-0.05, 0) is 55.5 Å². The molecule has 1 amide bonds. The maximum Gasteiger partial charge on any atom is 0.265 e. The second-order valence-electron chi connectivity index (χ2n) is 6.51. The molecule has 3 rings (SSSR count). The van der Waals surface area contributed by atoms with Crippen LogP contribution in [0.4, 0.5) is 11.4 Å². The number of carbonyl (C=O) groups is 1. The Labute approximate surface area is 181 Å². The first kappa shape index (κ1) is 21.7. The molecule has 0 aromatic heterocycles. The molecule has 0 bridgehead atoms. The first-order valence-corrected chi connectivity index (χ1v) is 11.0. The molecule has 0 saturated carbocycles. The van der Waals surface area contributed by atoms with Crippen LogP contribution in [0.3, 0.4) is 0 Å². The van der Waals surface area contributed by atoms with Gasteiger partial charge in [-0.3, -0.25) is 9.10 Å². The molecule has 1 unspecified atom stereocenters. The van der Waals surface area contributed by atoms with Crippen molar-refractivity contribution in [1.29, 1.82) is 0 Å². The number of halogens is 1. The van der Waals surface area contributed by atoms with Gasteiger partial charge < -0.3 is 10.1 Å². The fourth-order valence-electron chi connectivity index (χ4n) is 2.67. The molecule has 30 heavy (non-hydrogen) atoms. The Balaban J connectivity index is 1.68. The first-order valence-electron chi connectivity index (χ1n) is 9.15. The second-order valence-corrected chi connectivity index (χ2v) is 8.89. The summed E-state index contributed by atoms with van der Waals surface area (Å²) in [6, 6.07) is 21.6. The van der Waals surface area contributed by atoms with Crippen LogP contribution in [-0.4, -0.2) is 27.5 Å². The number of sulfonamides is 1. The lowest BCUT2D eigenvalue weighted by Gasteiger charge is -2.20. The van der Waals surface area contributed by atoms with Crippen molar-refractivity contribution in [3.63, 3.8) is 0 Å². The molecular weight excluding hydrogens is 424 g/mol. The van der Waals surface area contributed by atoms with Crippen LogP contribution < -0.4 is 14.4 Å². The molecule has 3 aromatic carbocycles. The minimum atomic E-state index is -3.72. The Bertz CT molecular complexity index is 1120. The quantitative estimate of drug-likeness (QED) is 0.579. The minimum Gasteiger partial charge on any atom is -0.479 e. The Hall–Kier alpha value is -3.03. The number of hydrogen-bond donors (Lipinski definition) is 1. The van der Waals surface area contributed by atoms with E-state index in [1.807, 2.05) is 6.07 Å². The highest BCUT2D eigenvalue weighted by Gasteiger charge is 2.21. The van der Waals surface area contributed by atoms with Gasteiger partial charge in [-0.1, -0.05) is 41.9 Å². The van der Waals surface area contributed by atoms with Gasteiger partial charge in [0.2, 0.25) is 0 Å². The molecule has 0 saturated heterocycles. The average Bonchev–Trinajstić information content (AvgIpc) is 2.75. The van der Waals surface area contributed by atoms with E-state index in [0.717, 1.165) is 0 Å². The van der Waals surface area contributed by atoms with Crippen LogP contribution in [0.2, 0.25) is 5.02 Å². The van der Waals surface area contributed by atoms with Crippen molar-refractivity contribution < 1.29 is 17.9 Å². The molecular formula is C22H21ClN2O4S. The van der Waals surface area contributed by atoms with Crippen LogP contribution in [0, 0.1) is 0 Å². The summed E-state index contributed by atoms with van der Waals surface area (Å²) in [4.78, 5) is 12.5. The van der Waals surface area contributed by atoms with Gasteiger partial charge in [0, 0.05) is 12.7 Å². The van der Waals surface area contributed by atoms with E-state index in [4.69, 9.17) is 16.3 Å². The number of hydrogen-bond acceptors (Lipinski definition) is 4. The summed E-state index contributed by atoms with van der Waals surface area (Å²) in [5.74, 6) is 0.0270. The summed E-state index contributed by atoms with van der Waals surface area (Å²) >= 11 is 6.05. The summed E-state index contributed by atoms with van der Waals surface area (Å²) in [5.41, 5.74) is 1.01. The van der Waals surface area contributed by atoms with Gasteiger partial charge >= 0.3 is 0 Å². The molecule has 0 radical (unpaired) electrons. The highest BCUT2D eigenvalue weighted by atomic mass is 35.5. The van der Waals surface area contributed by atoms with Gasteiger partial charge in [0.15, 0.2) is 6.10 Å². The van der Waals surface area contributed by atoms with E-state index in [-0.39, 0.29) is 10.8 Å². The summed E-state index contributed by atoms with van der Waals surface area (Å²) in [7, 11) is -2.22. The third-order valence-electron chi connectivity index (χ3n) is 4.41. The third kappa shape index (κ3) is 4.93. The van der Waals surface area contributed by atoms with Crippen LogP contribution in [0.25, 0.3) is 0 Å². The van der Waals surface area contributed by atoms with Crippen LogP contribution in [0.15, 0.2) is 83.8 Å². The Morgan fingerprint density at radius 1 is 0.967 bits per heavy atom. The lowest BCUT2D eigenvalue weighted by atomic mass is 10.3. The van der Waals surface area contributed by atoms with Crippen molar-refractivity contribution in [3.8, 4) is 5.75 Å². The topological polar surface area (TPSA) is 75.7 Å². The highest BCUT2D eigenvalue weighted by molar-refractivity contribution is 7.92. The number of nitrogens with one attached hydrogen (secondary N) is 1. The summed E-state index contributed by atoms with van der Waals surface area (Å²) < 4.78 is 32.4. The fraction of sp³-hybridized carbons (Fsp3) is 0.136. The Morgan fingerprint density at radius 3 is 2.20 bits per heavy atom. The van der Waals surface area contributed by atoms with Crippen molar-refractivity contribution in [3.05, 3.63) is 83.9 Å². The van der Waals surface area contributed by atoms with E-state index in [1.165, 1.54) is 35.6 Å². The molecule has 0 aliphatic rings. The van der Waals surface area contributed by atoms with Crippen LogP contribution in [0.5, 0.6) is 5.75 Å². The van der Waals surface area contributed by atoms with Crippen molar-refractivity contribution >= 4 is 38.9 Å². The SMILES string of the molecule is CC(Oc1ccccc1Cl)C(=O)Nc1ccc(S(=O)(=O)N(C)c2ccccc2)cc1. The lowest BCUT2D eigenvalue weighted by Crippen LogP contribution is -2.30. The van der Waals surface area contributed by atoms with Gasteiger partial charge in [-0.2, -0.15) is 0 Å². The predicted molar refractivity (Wildman–Crippen MR) is 119 cm³/mol. The second kappa shape index (κ2) is 9.19. The molecule has 6 nitrogen and oxygen atoms in total. The van der Waals surface area contributed by atoms with Gasteiger partial charge in [0.1, 0.15) is 5.75 Å².